The molecule has 0 unspecified atom stereocenters. The maximum Gasteiger partial charge on any atom is 0.221 e. The predicted molar refractivity (Wildman–Crippen MR) is 48.5 cm³/mol. The molecule has 0 aromatic carbocycles. The number of hydrogen-bond donors (Lipinski definition) is 2. The van der Waals surface area contributed by atoms with Crippen molar-refractivity contribution in [3.05, 3.63) is 3.92 Å². The van der Waals surface area contributed by atoms with Gasteiger partial charge in [-0.05, 0) is 15.9 Å². The minimum atomic E-state index is -0.146. The van der Waals surface area contributed by atoms with Crippen LogP contribution in [0.3, 0.4) is 0 Å². The average molecular weight is 236 g/mol. The number of rotatable bonds is 1. The first-order valence-corrected chi connectivity index (χ1v) is 4.40. The number of nitrogens with two attached hydrogens (primary N) is 1. The van der Waals surface area contributed by atoms with Gasteiger partial charge in [-0.2, -0.15) is 0 Å². The Morgan fingerprint density at radius 3 is 2.82 bits per heavy atom. The monoisotopic (exact) mass is 235 g/mol. The third-order valence-electron chi connectivity index (χ3n) is 0.917. The molecular weight excluding hydrogens is 230 g/mol. The molecule has 6 heteroatoms. The van der Waals surface area contributed by atoms with Crippen molar-refractivity contribution in [1.29, 1.82) is 0 Å². The van der Waals surface area contributed by atoms with Gasteiger partial charge in [0.15, 0.2) is 9.73 Å². The molecule has 1 rings (SSSR count). The maximum atomic E-state index is 10.6. The Kier molecular flexibility index (Phi) is 2.45. The molecule has 1 aromatic rings. The lowest BCUT2D eigenvalue weighted by molar-refractivity contribution is -0.114. The van der Waals surface area contributed by atoms with Crippen LogP contribution in [0.2, 0.25) is 0 Å². The van der Waals surface area contributed by atoms with E-state index in [0.29, 0.717) is 14.7 Å². The number of carbonyl (C=O) groups is 1. The summed E-state index contributed by atoms with van der Waals surface area (Å²) in [5.41, 5.74) is 5.44. The third-order valence-corrected chi connectivity index (χ3v) is 2.35. The van der Waals surface area contributed by atoms with Crippen LogP contribution in [-0.4, -0.2) is 10.9 Å². The lowest BCUT2D eigenvalue weighted by atomic mass is 10.6. The molecule has 0 radical (unpaired) electrons. The van der Waals surface area contributed by atoms with E-state index in [2.05, 4.69) is 26.2 Å². The van der Waals surface area contributed by atoms with E-state index in [0.717, 1.165) is 0 Å². The summed E-state index contributed by atoms with van der Waals surface area (Å²) in [4.78, 5) is 14.4. The van der Waals surface area contributed by atoms with Crippen LogP contribution >= 0.6 is 27.3 Å². The fourth-order valence-corrected chi connectivity index (χ4v) is 1.89. The number of nitrogens with one attached hydrogen (secondary N) is 1. The summed E-state index contributed by atoms with van der Waals surface area (Å²) in [6.07, 6.45) is 0. The SMILES string of the molecule is CC(=O)Nc1sc(Br)nc1N. The molecule has 0 saturated carbocycles. The van der Waals surface area contributed by atoms with Crippen molar-refractivity contribution in [2.45, 2.75) is 6.92 Å². The third kappa shape index (κ3) is 2.16. The van der Waals surface area contributed by atoms with Gasteiger partial charge >= 0.3 is 0 Å². The van der Waals surface area contributed by atoms with Gasteiger partial charge in [0.05, 0.1) is 0 Å². The van der Waals surface area contributed by atoms with Gasteiger partial charge in [0, 0.05) is 6.92 Å². The normalized spacial score (nSPS) is 9.64. The lowest BCUT2D eigenvalue weighted by Crippen LogP contribution is -2.05. The molecule has 60 valence electrons. The molecule has 3 N–H and O–H groups in total. The first kappa shape index (κ1) is 8.48. The number of nitrogens with zero attached hydrogens (tertiary/aromatic N) is 1. The van der Waals surface area contributed by atoms with Crippen molar-refractivity contribution in [3.8, 4) is 0 Å². The van der Waals surface area contributed by atoms with Gasteiger partial charge in [0.1, 0.15) is 5.00 Å². The van der Waals surface area contributed by atoms with Crippen LogP contribution in [0.15, 0.2) is 3.92 Å². The smallest absolute Gasteiger partial charge is 0.221 e. The van der Waals surface area contributed by atoms with Gasteiger partial charge in [0.2, 0.25) is 5.91 Å². The van der Waals surface area contributed by atoms with Gasteiger partial charge in [-0.1, -0.05) is 11.3 Å². The second-order valence-electron chi connectivity index (χ2n) is 1.86. The number of halogens is 1. The summed E-state index contributed by atoms with van der Waals surface area (Å²) in [7, 11) is 0. The summed E-state index contributed by atoms with van der Waals surface area (Å²) in [6.45, 7) is 1.42. The van der Waals surface area contributed by atoms with Gasteiger partial charge in [-0.15, -0.1) is 0 Å². The van der Waals surface area contributed by atoms with Crippen molar-refractivity contribution in [3.63, 3.8) is 0 Å². The van der Waals surface area contributed by atoms with Crippen LogP contribution in [-0.2, 0) is 4.79 Å². The van der Waals surface area contributed by atoms with Crippen LogP contribution in [0.4, 0.5) is 10.8 Å². The average Bonchev–Trinajstić information content (AvgIpc) is 2.09. The highest BCUT2D eigenvalue weighted by molar-refractivity contribution is 9.11. The van der Waals surface area contributed by atoms with E-state index in [1.807, 2.05) is 0 Å². The van der Waals surface area contributed by atoms with Crippen LogP contribution in [0.5, 0.6) is 0 Å². The van der Waals surface area contributed by atoms with Crippen molar-refractivity contribution in [1.82, 2.24) is 4.98 Å². The number of carbonyl (C=O) groups excluding carboxylic acids is 1. The molecule has 0 bridgehead atoms. The zero-order valence-corrected chi connectivity index (χ0v) is 8.12. The quantitative estimate of drug-likeness (QED) is 0.775. The van der Waals surface area contributed by atoms with E-state index in [1.165, 1.54) is 18.3 Å². The fraction of sp³-hybridized carbons (Fsp3) is 0.200. The molecule has 0 aliphatic rings. The molecule has 0 aliphatic heterocycles. The van der Waals surface area contributed by atoms with Crippen LogP contribution < -0.4 is 11.1 Å². The van der Waals surface area contributed by atoms with Crippen molar-refractivity contribution < 1.29 is 4.79 Å². The number of hydrogen-bond acceptors (Lipinski definition) is 4. The molecule has 4 nitrogen and oxygen atoms in total. The first-order chi connectivity index (χ1) is 5.09. The van der Waals surface area contributed by atoms with E-state index < -0.39 is 0 Å². The highest BCUT2D eigenvalue weighted by atomic mass is 79.9. The molecule has 11 heavy (non-hydrogen) atoms. The number of amides is 1. The second kappa shape index (κ2) is 3.19. The largest absolute Gasteiger partial charge is 0.381 e. The highest BCUT2D eigenvalue weighted by Gasteiger charge is 2.06. The van der Waals surface area contributed by atoms with Gasteiger partial charge in [0.25, 0.3) is 0 Å². The molecule has 0 spiro atoms. The molecular formula is C5H6BrN3OS. The van der Waals surface area contributed by atoms with Crippen molar-refractivity contribution in [2.24, 2.45) is 0 Å². The first-order valence-electron chi connectivity index (χ1n) is 2.79. The standard InChI is InChI=1S/C5H6BrN3OS/c1-2(10)8-4-3(7)9-5(6)11-4/h7H2,1H3,(H,8,10). The molecule has 1 aromatic heterocycles. The fourth-order valence-electron chi connectivity index (χ4n) is 0.554. The van der Waals surface area contributed by atoms with E-state index >= 15 is 0 Å². The second-order valence-corrected chi connectivity index (χ2v) is 4.14. The van der Waals surface area contributed by atoms with Crippen LogP contribution in [0.25, 0.3) is 0 Å². The summed E-state index contributed by atoms with van der Waals surface area (Å²) in [6, 6.07) is 0. The summed E-state index contributed by atoms with van der Waals surface area (Å²) >= 11 is 4.44. The van der Waals surface area contributed by atoms with Gasteiger partial charge < -0.3 is 11.1 Å². The zero-order chi connectivity index (χ0) is 8.43. The van der Waals surface area contributed by atoms with Crippen molar-refractivity contribution in [2.75, 3.05) is 11.1 Å². The van der Waals surface area contributed by atoms with E-state index in [-0.39, 0.29) is 5.91 Å². The predicted octanol–water partition coefficient (Wildman–Crippen LogP) is 1.45. The Bertz CT molecular complexity index is 285. The number of anilines is 2. The number of nitrogen functional groups attached to an aromatic ring is 1. The minimum absolute atomic E-state index is 0.146. The highest BCUT2D eigenvalue weighted by Crippen LogP contribution is 2.29. The van der Waals surface area contributed by atoms with Gasteiger partial charge in [-0.25, -0.2) is 4.98 Å². The molecule has 1 amide bonds. The summed E-state index contributed by atoms with van der Waals surface area (Å²) < 4.78 is 0.666. The summed E-state index contributed by atoms with van der Waals surface area (Å²) in [5, 5.41) is 3.14. The Morgan fingerprint density at radius 1 is 1.82 bits per heavy atom. The molecule has 0 aliphatic carbocycles. The maximum absolute atomic E-state index is 10.6. The Hall–Kier alpha value is -0.620. The topological polar surface area (TPSA) is 68.0 Å². The van der Waals surface area contributed by atoms with E-state index in [9.17, 15) is 4.79 Å². The lowest BCUT2D eigenvalue weighted by Gasteiger charge is -1.95. The number of aromatic nitrogens is 1. The Balaban J connectivity index is 2.85. The Morgan fingerprint density at radius 2 is 2.45 bits per heavy atom. The molecule has 0 fully saturated rings. The summed E-state index contributed by atoms with van der Waals surface area (Å²) in [5.74, 6) is 0.199. The van der Waals surface area contributed by atoms with E-state index in [1.54, 1.807) is 0 Å². The number of thiazole rings is 1. The molecule has 0 saturated heterocycles. The van der Waals surface area contributed by atoms with Crippen LogP contribution in [0, 0.1) is 0 Å². The Labute approximate surface area is 75.9 Å². The van der Waals surface area contributed by atoms with E-state index in [4.69, 9.17) is 5.73 Å². The van der Waals surface area contributed by atoms with Gasteiger partial charge in [-0.3, -0.25) is 4.79 Å². The molecule has 1 heterocycles. The van der Waals surface area contributed by atoms with Crippen LogP contribution in [0.1, 0.15) is 6.92 Å². The van der Waals surface area contributed by atoms with Crippen molar-refractivity contribution >= 4 is 44.0 Å². The molecule has 0 atom stereocenters. The minimum Gasteiger partial charge on any atom is -0.381 e. The zero-order valence-electron chi connectivity index (χ0n) is 5.72.